The molecular formula is C16H24N2O. The second kappa shape index (κ2) is 7.17. The standard InChI is InChI=1S/C16H24N2O/c1-2-13-8-6-7-9-14(13)12-17-16(19)18-15-10-4-3-5-11-15/h6-9,15H,2-5,10-12H2,1H3,(H2,17,18,19). The molecule has 1 fully saturated rings. The summed E-state index contributed by atoms with van der Waals surface area (Å²) in [7, 11) is 0. The van der Waals surface area contributed by atoms with Gasteiger partial charge in [0.25, 0.3) is 0 Å². The lowest BCUT2D eigenvalue weighted by molar-refractivity contribution is 0.232. The van der Waals surface area contributed by atoms with E-state index in [1.807, 2.05) is 12.1 Å². The number of urea groups is 1. The third-order valence-corrected chi connectivity index (χ3v) is 3.88. The van der Waals surface area contributed by atoms with Gasteiger partial charge in [0, 0.05) is 12.6 Å². The van der Waals surface area contributed by atoms with Crippen LogP contribution in [0.2, 0.25) is 0 Å². The number of rotatable bonds is 4. The first-order chi connectivity index (χ1) is 9.29. The molecular weight excluding hydrogens is 236 g/mol. The van der Waals surface area contributed by atoms with Gasteiger partial charge in [-0.2, -0.15) is 0 Å². The van der Waals surface area contributed by atoms with Crippen LogP contribution in [0.1, 0.15) is 50.2 Å². The van der Waals surface area contributed by atoms with Crippen LogP contribution < -0.4 is 10.6 Å². The van der Waals surface area contributed by atoms with Gasteiger partial charge in [-0.15, -0.1) is 0 Å². The van der Waals surface area contributed by atoms with Crippen molar-refractivity contribution in [3.63, 3.8) is 0 Å². The van der Waals surface area contributed by atoms with Crippen molar-refractivity contribution in [1.29, 1.82) is 0 Å². The smallest absolute Gasteiger partial charge is 0.315 e. The van der Waals surface area contributed by atoms with E-state index in [0.29, 0.717) is 12.6 Å². The molecule has 1 saturated carbocycles. The van der Waals surface area contributed by atoms with Gasteiger partial charge in [-0.3, -0.25) is 0 Å². The molecule has 0 spiro atoms. The van der Waals surface area contributed by atoms with Crippen molar-refractivity contribution in [3.05, 3.63) is 35.4 Å². The third-order valence-electron chi connectivity index (χ3n) is 3.88. The van der Waals surface area contributed by atoms with Crippen molar-refractivity contribution in [2.24, 2.45) is 0 Å². The molecule has 2 rings (SSSR count). The quantitative estimate of drug-likeness (QED) is 0.856. The van der Waals surface area contributed by atoms with Crippen molar-refractivity contribution >= 4 is 6.03 Å². The molecule has 1 aromatic rings. The van der Waals surface area contributed by atoms with Crippen LogP contribution in [-0.2, 0) is 13.0 Å². The Morgan fingerprint density at radius 1 is 1.16 bits per heavy atom. The van der Waals surface area contributed by atoms with Crippen LogP contribution in [-0.4, -0.2) is 12.1 Å². The van der Waals surface area contributed by atoms with E-state index < -0.39 is 0 Å². The average molecular weight is 260 g/mol. The molecule has 1 aromatic carbocycles. The SMILES string of the molecule is CCc1ccccc1CNC(=O)NC1CCCCC1. The molecule has 0 saturated heterocycles. The van der Waals surface area contributed by atoms with Gasteiger partial charge in [0.05, 0.1) is 0 Å². The minimum atomic E-state index is -0.0298. The highest BCUT2D eigenvalue weighted by molar-refractivity contribution is 5.74. The zero-order valence-electron chi connectivity index (χ0n) is 11.7. The first-order valence-electron chi connectivity index (χ1n) is 7.40. The van der Waals surface area contributed by atoms with Gasteiger partial charge in [0.2, 0.25) is 0 Å². The average Bonchev–Trinajstić information content (AvgIpc) is 2.46. The highest BCUT2D eigenvalue weighted by Crippen LogP contribution is 2.17. The molecule has 104 valence electrons. The fourth-order valence-electron chi connectivity index (χ4n) is 2.73. The van der Waals surface area contributed by atoms with E-state index in [-0.39, 0.29) is 6.03 Å². The van der Waals surface area contributed by atoms with E-state index in [0.717, 1.165) is 19.3 Å². The Morgan fingerprint density at radius 2 is 1.84 bits per heavy atom. The largest absolute Gasteiger partial charge is 0.335 e. The van der Waals surface area contributed by atoms with Crippen molar-refractivity contribution in [2.75, 3.05) is 0 Å². The zero-order valence-corrected chi connectivity index (χ0v) is 11.7. The number of carbonyl (C=O) groups is 1. The Bertz CT molecular complexity index is 411. The van der Waals surface area contributed by atoms with Crippen molar-refractivity contribution < 1.29 is 4.79 Å². The maximum absolute atomic E-state index is 11.9. The zero-order chi connectivity index (χ0) is 13.5. The van der Waals surface area contributed by atoms with E-state index in [2.05, 4.69) is 29.7 Å². The molecule has 1 aliphatic rings. The highest BCUT2D eigenvalue weighted by atomic mass is 16.2. The first kappa shape index (κ1) is 13.9. The Hall–Kier alpha value is -1.51. The fraction of sp³-hybridized carbons (Fsp3) is 0.562. The number of aryl methyl sites for hydroxylation is 1. The van der Waals surface area contributed by atoms with Crippen LogP contribution in [0, 0.1) is 0 Å². The van der Waals surface area contributed by atoms with Gasteiger partial charge >= 0.3 is 6.03 Å². The molecule has 0 radical (unpaired) electrons. The number of hydrogen-bond donors (Lipinski definition) is 2. The number of benzene rings is 1. The van der Waals surface area contributed by atoms with E-state index in [9.17, 15) is 4.79 Å². The predicted molar refractivity (Wildman–Crippen MR) is 78.1 cm³/mol. The number of nitrogens with one attached hydrogen (secondary N) is 2. The summed E-state index contributed by atoms with van der Waals surface area (Å²) in [6.45, 7) is 2.75. The summed E-state index contributed by atoms with van der Waals surface area (Å²) in [6.07, 6.45) is 7.04. The maximum atomic E-state index is 11.9. The molecule has 19 heavy (non-hydrogen) atoms. The van der Waals surface area contributed by atoms with Crippen LogP contribution in [0.3, 0.4) is 0 Å². The van der Waals surface area contributed by atoms with E-state index in [4.69, 9.17) is 0 Å². The maximum Gasteiger partial charge on any atom is 0.315 e. The molecule has 3 nitrogen and oxygen atoms in total. The van der Waals surface area contributed by atoms with Crippen LogP contribution in [0.5, 0.6) is 0 Å². The third kappa shape index (κ3) is 4.27. The number of amides is 2. The number of carbonyl (C=O) groups excluding carboxylic acids is 1. The molecule has 0 heterocycles. The van der Waals surface area contributed by atoms with Crippen molar-refractivity contribution in [1.82, 2.24) is 10.6 Å². The molecule has 0 atom stereocenters. The topological polar surface area (TPSA) is 41.1 Å². The summed E-state index contributed by atoms with van der Waals surface area (Å²) in [6, 6.07) is 8.61. The summed E-state index contributed by atoms with van der Waals surface area (Å²) < 4.78 is 0. The summed E-state index contributed by atoms with van der Waals surface area (Å²) in [5, 5.41) is 6.05. The van der Waals surface area contributed by atoms with E-state index >= 15 is 0 Å². The van der Waals surface area contributed by atoms with E-state index in [1.165, 1.54) is 30.4 Å². The normalized spacial score (nSPS) is 16.1. The molecule has 1 aliphatic carbocycles. The molecule has 2 amide bonds. The van der Waals surface area contributed by atoms with Crippen molar-refractivity contribution in [3.8, 4) is 0 Å². The van der Waals surface area contributed by atoms with Gasteiger partial charge in [-0.1, -0.05) is 50.5 Å². The highest BCUT2D eigenvalue weighted by Gasteiger charge is 2.15. The minimum absolute atomic E-state index is 0.0298. The second-order valence-electron chi connectivity index (χ2n) is 5.28. The monoisotopic (exact) mass is 260 g/mol. The van der Waals surface area contributed by atoms with Crippen LogP contribution in [0.25, 0.3) is 0 Å². The molecule has 0 aliphatic heterocycles. The Labute approximate surface area is 115 Å². The number of hydrogen-bond acceptors (Lipinski definition) is 1. The Morgan fingerprint density at radius 3 is 2.53 bits per heavy atom. The summed E-state index contributed by atoms with van der Waals surface area (Å²) in [4.78, 5) is 11.9. The minimum Gasteiger partial charge on any atom is -0.335 e. The van der Waals surface area contributed by atoms with Gasteiger partial charge in [0.1, 0.15) is 0 Å². The fourth-order valence-corrected chi connectivity index (χ4v) is 2.73. The summed E-state index contributed by atoms with van der Waals surface area (Å²) >= 11 is 0. The lowest BCUT2D eigenvalue weighted by Crippen LogP contribution is -2.42. The van der Waals surface area contributed by atoms with E-state index in [1.54, 1.807) is 0 Å². The molecule has 0 bridgehead atoms. The van der Waals surface area contributed by atoms with Gasteiger partial charge in [-0.05, 0) is 30.4 Å². The van der Waals surface area contributed by atoms with Crippen LogP contribution >= 0.6 is 0 Å². The Balaban J connectivity index is 1.79. The molecule has 0 unspecified atom stereocenters. The molecule has 2 N–H and O–H groups in total. The van der Waals surface area contributed by atoms with Crippen LogP contribution in [0.4, 0.5) is 4.79 Å². The molecule has 3 heteroatoms. The summed E-state index contributed by atoms with van der Waals surface area (Å²) in [5.41, 5.74) is 2.52. The van der Waals surface area contributed by atoms with Crippen LogP contribution in [0.15, 0.2) is 24.3 Å². The lowest BCUT2D eigenvalue weighted by Gasteiger charge is -2.23. The summed E-state index contributed by atoms with van der Waals surface area (Å²) in [5.74, 6) is 0. The molecule has 0 aromatic heterocycles. The second-order valence-corrected chi connectivity index (χ2v) is 5.28. The lowest BCUT2D eigenvalue weighted by atomic mass is 9.96. The van der Waals surface area contributed by atoms with Gasteiger partial charge in [-0.25, -0.2) is 4.79 Å². The first-order valence-corrected chi connectivity index (χ1v) is 7.40. The van der Waals surface area contributed by atoms with Gasteiger partial charge in [0.15, 0.2) is 0 Å². The Kier molecular flexibility index (Phi) is 5.25. The predicted octanol–water partition coefficient (Wildman–Crippen LogP) is 3.38. The van der Waals surface area contributed by atoms with Crippen molar-refractivity contribution in [2.45, 2.75) is 58.0 Å². The van der Waals surface area contributed by atoms with Gasteiger partial charge < -0.3 is 10.6 Å².